The lowest BCUT2D eigenvalue weighted by Gasteiger charge is -2.13. The second kappa shape index (κ2) is 8.56. The van der Waals surface area contributed by atoms with Gasteiger partial charge in [-0.3, -0.25) is 4.68 Å². The molecule has 1 heterocycles. The zero-order chi connectivity index (χ0) is 14.3. The van der Waals surface area contributed by atoms with E-state index in [9.17, 15) is 0 Å². The molecule has 110 valence electrons. The van der Waals surface area contributed by atoms with Crippen molar-refractivity contribution in [1.29, 1.82) is 0 Å². The van der Waals surface area contributed by atoms with Crippen molar-refractivity contribution in [2.75, 3.05) is 26.8 Å². The van der Waals surface area contributed by atoms with Crippen LogP contribution in [0.25, 0.3) is 0 Å². The Morgan fingerprint density at radius 1 is 1.42 bits per heavy atom. The molecule has 0 aliphatic carbocycles. The van der Waals surface area contributed by atoms with Crippen molar-refractivity contribution in [1.82, 2.24) is 15.1 Å². The number of aromatic nitrogens is 2. The zero-order valence-corrected chi connectivity index (χ0v) is 13.3. The third-order valence-corrected chi connectivity index (χ3v) is 3.65. The molecule has 4 nitrogen and oxygen atoms in total. The molecular weight excluding hydrogens is 262 g/mol. The average molecular weight is 288 g/mol. The summed E-state index contributed by atoms with van der Waals surface area (Å²) in [6, 6.07) is 0. The first-order valence-electron chi connectivity index (χ1n) is 7.07. The highest BCUT2D eigenvalue weighted by Gasteiger charge is 2.16. The Morgan fingerprint density at radius 3 is 2.74 bits per heavy atom. The third kappa shape index (κ3) is 4.79. The predicted molar refractivity (Wildman–Crippen MR) is 79.9 cm³/mol. The van der Waals surface area contributed by atoms with Crippen LogP contribution in [0.1, 0.15) is 32.2 Å². The average Bonchev–Trinajstić information content (AvgIpc) is 2.71. The van der Waals surface area contributed by atoms with E-state index in [1.807, 2.05) is 4.68 Å². The van der Waals surface area contributed by atoms with Gasteiger partial charge in [0.2, 0.25) is 0 Å². The number of ether oxygens (including phenoxy) is 1. The van der Waals surface area contributed by atoms with Crippen molar-refractivity contribution < 1.29 is 4.74 Å². The van der Waals surface area contributed by atoms with Crippen LogP contribution in [0.3, 0.4) is 0 Å². The van der Waals surface area contributed by atoms with Crippen molar-refractivity contribution in [2.24, 2.45) is 5.92 Å². The molecule has 1 rings (SSSR count). The fraction of sp³-hybridized carbons (Fsp3) is 0.786. The van der Waals surface area contributed by atoms with Crippen molar-refractivity contribution in [3.05, 3.63) is 16.4 Å². The Hall–Kier alpha value is -0.580. The Kier molecular flexibility index (Phi) is 7.42. The number of hydrogen-bond acceptors (Lipinski definition) is 3. The van der Waals surface area contributed by atoms with Gasteiger partial charge < -0.3 is 10.1 Å². The van der Waals surface area contributed by atoms with Crippen molar-refractivity contribution in [3.63, 3.8) is 0 Å². The number of methoxy groups -OCH3 is 1. The number of halogens is 1. The summed E-state index contributed by atoms with van der Waals surface area (Å²) in [4.78, 5) is 0. The Bertz CT molecular complexity index is 379. The summed E-state index contributed by atoms with van der Waals surface area (Å²) in [5.74, 6) is 0.529. The molecule has 19 heavy (non-hydrogen) atoms. The molecule has 1 unspecified atom stereocenters. The largest absolute Gasteiger partial charge is 0.383 e. The van der Waals surface area contributed by atoms with Gasteiger partial charge in [0.15, 0.2) is 0 Å². The quantitative estimate of drug-likeness (QED) is 0.710. The fourth-order valence-corrected chi connectivity index (χ4v) is 2.48. The molecule has 0 aliphatic rings. The topological polar surface area (TPSA) is 39.1 Å². The second-order valence-corrected chi connectivity index (χ2v) is 5.26. The van der Waals surface area contributed by atoms with Gasteiger partial charge in [-0.15, -0.1) is 0 Å². The summed E-state index contributed by atoms with van der Waals surface area (Å²) in [6.45, 7) is 9.91. The molecule has 0 aliphatic heterocycles. The highest BCUT2D eigenvalue weighted by Crippen LogP contribution is 2.24. The molecule has 1 aromatic heterocycles. The number of rotatable bonds is 9. The summed E-state index contributed by atoms with van der Waals surface area (Å²) in [7, 11) is 1.72. The summed E-state index contributed by atoms with van der Waals surface area (Å²) in [5, 5.41) is 8.79. The number of nitrogens with zero attached hydrogens (tertiary/aromatic N) is 2. The molecule has 1 aromatic rings. The third-order valence-electron chi connectivity index (χ3n) is 3.21. The van der Waals surface area contributed by atoms with E-state index >= 15 is 0 Å². The molecule has 1 atom stereocenters. The number of nitrogens with one attached hydrogen (secondary N) is 1. The van der Waals surface area contributed by atoms with Crippen LogP contribution in [-0.4, -0.2) is 36.6 Å². The van der Waals surface area contributed by atoms with Gasteiger partial charge >= 0.3 is 0 Å². The van der Waals surface area contributed by atoms with Crippen molar-refractivity contribution in [3.8, 4) is 0 Å². The molecule has 1 N–H and O–H groups in total. The fourth-order valence-electron chi connectivity index (χ4n) is 2.14. The molecule has 0 fully saturated rings. The maximum absolute atomic E-state index is 6.41. The Balaban J connectivity index is 2.57. The van der Waals surface area contributed by atoms with Crippen molar-refractivity contribution in [2.45, 2.75) is 40.2 Å². The van der Waals surface area contributed by atoms with Gasteiger partial charge in [0.05, 0.1) is 23.0 Å². The van der Waals surface area contributed by atoms with Gasteiger partial charge in [-0.2, -0.15) is 5.10 Å². The predicted octanol–water partition coefficient (Wildman–Crippen LogP) is 2.53. The summed E-state index contributed by atoms with van der Waals surface area (Å²) in [6.07, 6.45) is 1.85. The lowest BCUT2D eigenvalue weighted by atomic mass is 10.1. The van der Waals surface area contributed by atoms with Gasteiger partial charge in [-0.05, 0) is 32.2 Å². The number of aryl methyl sites for hydroxylation is 2. The normalized spacial score (nSPS) is 12.9. The van der Waals surface area contributed by atoms with E-state index in [1.165, 1.54) is 5.69 Å². The molecule has 0 saturated heterocycles. The van der Waals surface area contributed by atoms with E-state index in [4.69, 9.17) is 16.3 Å². The van der Waals surface area contributed by atoms with E-state index in [1.54, 1.807) is 7.11 Å². The maximum Gasteiger partial charge on any atom is 0.0849 e. The Labute approximate surface area is 121 Å². The SMILES string of the molecule is CCc1nn(CC)c(CC(C)CNCCOC)c1Cl. The highest BCUT2D eigenvalue weighted by atomic mass is 35.5. The molecule has 0 bridgehead atoms. The van der Waals surface area contributed by atoms with Crippen LogP contribution in [0.5, 0.6) is 0 Å². The smallest absolute Gasteiger partial charge is 0.0849 e. The van der Waals surface area contributed by atoms with E-state index in [0.717, 1.165) is 49.8 Å². The van der Waals surface area contributed by atoms with Crippen LogP contribution < -0.4 is 5.32 Å². The van der Waals surface area contributed by atoms with Gasteiger partial charge in [-0.25, -0.2) is 0 Å². The highest BCUT2D eigenvalue weighted by molar-refractivity contribution is 6.31. The summed E-state index contributed by atoms with van der Waals surface area (Å²) < 4.78 is 7.05. The van der Waals surface area contributed by atoms with Crippen LogP contribution in [0.2, 0.25) is 5.02 Å². The first-order valence-corrected chi connectivity index (χ1v) is 7.45. The second-order valence-electron chi connectivity index (χ2n) is 4.88. The van der Waals surface area contributed by atoms with Crippen LogP contribution >= 0.6 is 11.6 Å². The molecule has 0 saturated carbocycles. The van der Waals surface area contributed by atoms with Gasteiger partial charge in [-0.1, -0.05) is 25.4 Å². The molecule has 0 amide bonds. The minimum absolute atomic E-state index is 0.529. The first kappa shape index (κ1) is 16.5. The lowest BCUT2D eigenvalue weighted by Crippen LogP contribution is -2.26. The molecule has 0 aromatic carbocycles. The maximum atomic E-state index is 6.41. The zero-order valence-electron chi connectivity index (χ0n) is 12.5. The minimum atomic E-state index is 0.529. The van der Waals surface area contributed by atoms with Crippen LogP contribution in [0.4, 0.5) is 0 Å². The monoisotopic (exact) mass is 287 g/mol. The van der Waals surface area contributed by atoms with E-state index < -0.39 is 0 Å². The van der Waals surface area contributed by atoms with Crippen LogP contribution in [0.15, 0.2) is 0 Å². The van der Waals surface area contributed by atoms with Gasteiger partial charge in [0, 0.05) is 20.2 Å². The van der Waals surface area contributed by atoms with Crippen LogP contribution in [-0.2, 0) is 24.1 Å². The molecular formula is C14H26ClN3O. The van der Waals surface area contributed by atoms with Gasteiger partial charge in [0.25, 0.3) is 0 Å². The minimum Gasteiger partial charge on any atom is -0.383 e. The molecule has 0 radical (unpaired) electrons. The van der Waals surface area contributed by atoms with Gasteiger partial charge in [0.1, 0.15) is 0 Å². The van der Waals surface area contributed by atoms with Crippen LogP contribution in [0, 0.1) is 5.92 Å². The summed E-state index contributed by atoms with van der Waals surface area (Å²) in [5.41, 5.74) is 2.18. The Morgan fingerprint density at radius 2 is 2.16 bits per heavy atom. The van der Waals surface area contributed by atoms with E-state index in [0.29, 0.717) is 5.92 Å². The standard InChI is InChI=1S/C14H26ClN3O/c1-5-12-14(15)13(18(6-2)17-12)9-11(3)10-16-7-8-19-4/h11,16H,5-10H2,1-4H3. The molecule has 5 heteroatoms. The molecule has 0 spiro atoms. The summed E-state index contributed by atoms with van der Waals surface area (Å²) >= 11 is 6.41. The van der Waals surface area contributed by atoms with E-state index in [-0.39, 0.29) is 0 Å². The lowest BCUT2D eigenvalue weighted by molar-refractivity contribution is 0.198. The van der Waals surface area contributed by atoms with Crippen molar-refractivity contribution >= 4 is 11.6 Å². The number of hydrogen-bond donors (Lipinski definition) is 1. The first-order chi connectivity index (χ1) is 9.13. The van der Waals surface area contributed by atoms with E-state index in [2.05, 4.69) is 31.2 Å².